The van der Waals surface area contributed by atoms with E-state index in [9.17, 15) is 0 Å². The van der Waals surface area contributed by atoms with Gasteiger partial charge in [-0.3, -0.25) is 4.90 Å². The minimum absolute atomic E-state index is 0.814. The topological polar surface area (TPSA) is 3.24 Å². The molecule has 1 aliphatic rings. The molecule has 2 unspecified atom stereocenters. The molecule has 1 heteroatoms. The van der Waals surface area contributed by atoms with E-state index >= 15 is 0 Å². The Bertz CT molecular complexity index is 130. The maximum atomic E-state index is 2.75. The monoisotopic (exact) mass is 183 g/mol. The molecule has 1 rings (SSSR count). The molecule has 78 valence electrons. The van der Waals surface area contributed by atoms with Gasteiger partial charge in [-0.05, 0) is 39.5 Å². The first-order valence-corrected chi connectivity index (χ1v) is 5.98. The van der Waals surface area contributed by atoms with Crippen molar-refractivity contribution < 1.29 is 0 Å². The van der Waals surface area contributed by atoms with Crippen LogP contribution in [0.4, 0.5) is 0 Å². The fourth-order valence-corrected chi connectivity index (χ4v) is 2.87. The zero-order chi connectivity index (χ0) is 9.84. The third-order valence-electron chi connectivity index (χ3n) is 3.63. The van der Waals surface area contributed by atoms with E-state index in [-0.39, 0.29) is 0 Å². The average Bonchev–Trinajstić information content (AvgIpc) is 2.11. The number of rotatable bonds is 3. The van der Waals surface area contributed by atoms with Gasteiger partial charge in [-0.15, -0.1) is 0 Å². The predicted octanol–water partition coefficient (Wildman–Crippen LogP) is 3.44. The first kappa shape index (κ1) is 11.0. The average molecular weight is 183 g/mol. The molecule has 0 radical (unpaired) electrons. The van der Waals surface area contributed by atoms with Crippen molar-refractivity contribution in [1.29, 1.82) is 0 Å². The minimum Gasteiger partial charge on any atom is -0.295 e. The summed E-state index contributed by atoms with van der Waals surface area (Å²) in [4.78, 5) is 2.75. The van der Waals surface area contributed by atoms with Gasteiger partial charge >= 0.3 is 0 Å². The summed E-state index contributed by atoms with van der Waals surface area (Å²) in [6, 6.07) is 2.45. The molecular formula is C12H25N. The zero-order valence-electron chi connectivity index (χ0n) is 9.71. The van der Waals surface area contributed by atoms with Crippen LogP contribution in [-0.4, -0.2) is 23.0 Å². The van der Waals surface area contributed by atoms with Crippen LogP contribution in [0.3, 0.4) is 0 Å². The highest BCUT2D eigenvalue weighted by molar-refractivity contribution is 4.84. The number of hydrogen-bond donors (Lipinski definition) is 0. The molecule has 0 aromatic heterocycles. The Kier molecular flexibility index (Phi) is 4.24. The summed E-state index contributed by atoms with van der Waals surface area (Å²) in [6.45, 7) is 9.44. The van der Waals surface area contributed by atoms with Crippen molar-refractivity contribution in [2.75, 3.05) is 0 Å². The van der Waals surface area contributed by atoms with Crippen molar-refractivity contribution in [3.63, 3.8) is 0 Å². The molecule has 0 spiro atoms. The molecule has 0 aromatic rings. The highest BCUT2D eigenvalue weighted by atomic mass is 15.2. The molecule has 0 aliphatic carbocycles. The molecule has 0 saturated carbocycles. The summed E-state index contributed by atoms with van der Waals surface area (Å²) in [7, 11) is 0. The fourth-order valence-electron chi connectivity index (χ4n) is 2.87. The number of hydrogen-bond acceptors (Lipinski definition) is 1. The van der Waals surface area contributed by atoms with E-state index in [0.29, 0.717) is 0 Å². The van der Waals surface area contributed by atoms with Gasteiger partial charge in [-0.2, -0.15) is 0 Å². The first-order chi connectivity index (χ1) is 6.20. The summed E-state index contributed by atoms with van der Waals surface area (Å²) in [5, 5.41) is 0. The highest BCUT2D eigenvalue weighted by Crippen LogP contribution is 2.26. The molecule has 1 nitrogen and oxygen atoms in total. The van der Waals surface area contributed by atoms with Crippen LogP contribution in [0.15, 0.2) is 0 Å². The van der Waals surface area contributed by atoms with Crippen LogP contribution in [0.1, 0.15) is 59.8 Å². The molecule has 1 heterocycles. The molecule has 13 heavy (non-hydrogen) atoms. The lowest BCUT2D eigenvalue weighted by molar-refractivity contribution is 0.0510. The Morgan fingerprint density at radius 3 is 1.92 bits per heavy atom. The number of nitrogens with zero attached hydrogens (tertiary/aromatic N) is 1. The zero-order valence-corrected chi connectivity index (χ0v) is 9.71. The minimum atomic E-state index is 0.814. The lowest BCUT2D eigenvalue weighted by Crippen LogP contribution is -2.49. The first-order valence-electron chi connectivity index (χ1n) is 5.98. The Labute approximate surface area is 83.5 Å². The van der Waals surface area contributed by atoms with Crippen molar-refractivity contribution in [3.05, 3.63) is 0 Å². The summed E-state index contributed by atoms with van der Waals surface area (Å²) >= 11 is 0. The van der Waals surface area contributed by atoms with E-state index in [1.807, 2.05) is 0 Å². The fraction of sp³-hybridized carbons (Fsp3) is 1.00. The molecule has 0 N–H and O–H groups in total. The SMILES string of the molecule is CCC(CC)N1C(C)CCCC1C. The van der Waals surface area contributed by atoms with E-state index in [2.05, 4.69) is 32.6 Å². The molecule has 0 amide bonds. The number of likely N-dealkylation sites (tertiary alicyclic amines) is 1. The summed E-state index contributed by atoms with van der Waals surface area (Å²) in [5.74, 6) is 0. The second-order valence-electron chi connectivity index (χ2n) is 4.55. The lowest BCUT2D eigenvalue weighted by atomic mass is 9.93. The van der Waals surface area contributed by atoms with E-state index in [4.69, 9.17) is 0 Å². The summed E-state index contributed by atoms with van der Waals surface area (Å²) in [5.41, 5.74) is 0. The van der Waals surface area contributed by atoms with Gasteiger partial charge in [0, 0.05) is 18.1 Å². The van der Waals surface area contributed by atoms with Crippen molar-refractivity contribution in [2.24, 2.45) is 0 Å². The van der Waals surface area contributed by atoms with Crippen LogP contribution in [0.2, 0.25) is 0 Å². The molecule has 1 aliphatic heterocycles. The van der Waals surface area contributed by atoms with E-state index < -0.39 is 0 Å². The van der Waals surface area contributed by atoms with Crippen LogP contribution in [0, 0.1) is 0 Å². The Morgan fingerprint density at radius 1 is 1.08 bits per heavy atom. The van der Waals surface area contributed by atoms with Gasteiger partial charge in [-0.1, -0.05) is 20.3 Å². The maximum absolute atomic E-state index is 2.75. The van der Waals surface area contributed by atoms with Gasteiger partial charge in [0.1, 0.15) is 0 Å². The summed E-state index contributed by atoms with van der Waals surface area (Å²) in [6.07, 6.45) is 6.86. The van der Waals surface area contributed by atoms with Gasteiger partial charge in [-0.25, -0.2) is 0 Å². The van der Waals surface area contributed by atoms with Crippen LogP contribution >= 0.6 is 0 Å². The molecule has 2 atom stereocenters. The largest absolute Gasteiger partial charge is 0.295 e. The lowest BCUT2D eigenvalue weighted by Gasteiger charge is -2.44. The van der Waals surface area contributed by atoms with Gasteiger partial charge in [0.05, 0.1) is 0 Å². The highest BCUT2D eigenvalue weighted by Gasteiger charge is 2.28. The van der Waals surface area contributed by atoms with Gasteiger partial charge in [0.25, 0.3) is 0 Å². The van der Waals surface area contributed by atoms with Gasteiger partial charge < -0.3 is 0 Å². The standard InChI is InChI=1S/C12H25N/c1-5-12(6-2)13-10(3)8-7-9-11(13)4/h10-12H,5-9H2,1-4H3. The quantitative estimate of drug-likeness (QED) is 0.648. The van der Waals surface area contributed by atoms with Crippen LogP contribution in [0.25, 0.3) is 0 Å². The predicted molar refractivity (Wildman–Crippen MR) is 59.0 cm³/mol. The van der Waals surface area contributed by atoms with Crippen molar-refractivity contribution in [2.45, 2.75) is 77.9 Å². The van der Waals surface area contributed by atoms with Crippen molar-refractivity contribution in [3.8, 4) is 0 Å². The number of piperidine rings is 1. The Hall–Kier alpha value is -0.0400. The van der Waals surface area contributed by atoms with E-state index in [1.54, 1.807) is 0 Å². The second-order valence-corrected chi connectivity index (χ2v) is 4.55. The Balaban J connectivity index is 2.60. The smallest absolute Gasteiger partial charge is 0.00956 e. The molecule has 0 aromatic carbocycles. The Morgan fingerprint density at radius 2 is 1.54 bits per heavy atom. The summed E-state index contributed by atoms with van der Waals surface area (Å²) < 4.78 is 0. The van der Waals surface area contributed by atoms with E-state index in [1.165, 1.54) is 32.1 Å². The van der Waals surface area contributed by atoms with Crippen molar-refractivity contribution in [1.82, 2.24) is 4.90 Å². The van der Waals surface area contributed by atoms with Crippen LogP contribution < -0.4 is 0 Å². The molecule has 0 bridgehead atoms. The van der Waals surface area contributed by atoms with Crippen LogP contribution in [0.5, 0.6) is 0 Å². The molecule has 1 saturated heterocycles. The molecule has 1 fully saturated rings. The van der Waals surface area contributed by atoms with E-state index in [0.717, 1.165) is 18.1 Å². The van der Waals surface area contributed by atoms with Gasteiger partial charge in [0.15, 0.2) is 0 Å². The normalized spacial score (nSPS) is 31.2. The maximum Gasteiger partial charge on any atom is 0.00956 e. The van der Waals surface area contributed by atoms with Crippen molar-refractivity contribution >= 4 is 0 Å². The van der Waals surface area contributed by atoms with Gasteiger partial charge in [0.2, 0.25) is 0 Å². The second kappa shape index (κ2) is 4.99. The molecular weight excluding hydrogens is 158 g/mol. The third-order valence-corrected chi connectivity index (χ3v) is 3.63. The van der Waals surface area contributed by atoms with Crippen LogP contribution in [-0.2, 0) is 0 Å². The third kappa shape index (κ3) is 2.46.